The summed E-state index contributed by atoms with van der Waals surface area (Å²) in [5.41, 5.74) is 7.55. The Morgan fingerprint density at radius 3 is 2.12 bits per heavy atom. The van der Waals surface area contributed by atoms with Gasteiger partial charge in [0, 0.05) is 5.56 Å². The van der Waals surface area contributed by atoms with Gasteiger partial charge in [0.1, 0.15) is 5.75 Å². The lowest BCUT2D eigenvalue weighted by Crippen LogP contribution is -2.06. The molecule has 4 nitrogen and oxygen atoms in total. The number of hydrogen-bond acceptors (Lipinski definition) is 4. The molecule has 1 rings (SSSR count). The lowest BCUT2D eigenvalue weighted by Gasteiger charge is -2.17. The van der Waals surface area contributed by atoms with Crippen molar-refractivity contribution in [3.05, 3.63) is 17.2 Å². The number of rotatable bonds is 5. The molecule has 0 spiro atoms. The van der Waals surface area contributed by atoms with Crippen LogP contribution in [0.5, 0.6) is 17.2 Å². The molecular weight excluding hydrogens is 206 g/mol. The molecule has 0 aromatic heterocycles. The van der Waals surface area contributed by atoms with Gasteiger partial charge in [-0.1, -0.05) is 0 Å². The van der Waals surface area contributed by atoms with E-state index in [0.717, 1.165) is 23.3 Å². The summed E-state index contributed by atoms with van der Waals surface area (Å²) >= 11 is 0. The van der Waals surface area contributed by atoms with E-state index < -0.39 is 0 Å². The van der Waals surface area contributed by atoms with E-state index in [1.807, 2.05) is 13.0 Å². The summed E-state index contributed by atoms with van der Waals surface area (Å²) in [5.74, 6) is 2.24. The highest BCUT2D eigenvalue weighted by Crippen LogP contribution is 2.39. The minimum Gasteiger partial charge on any atom is -0.496 e. The minimum atomic E-state index is 0.575. The molecule has 4 heteroatoms. The van der Waals surface area contributed by atoms with Crippen molar-refractivity contribution in [3.63, 3.8) is 0 Å². The normalized spacial score (nSPS) is 10.1. The minimum absolute atomic E-state index is 0.575. The lowest BCUT2D eigenvalue weighted by atomic mass is 10.0. The molecule has 0 radical (unpaired) electrons. The van der Waals surface area contributed by atoms with Crippen LogP contribution >= 0.6 is 0 Å². The average Bonchev–Trinajstić information content (AvgIpc) is 2.29. The molecule has 1 aromatic carbocycles. The van der Waals surface area contributed by atoms with Gasteiger partial charge in [-0.2, -0.15) is 0 Å². The van der Waals surface area contributed by atoms with Crippen LogP contribution in [0, 0.1) is 6.92 Å². The highest BCUT2D eigenvalue weighted by atomic mass is 16.5. The van der Waals surface area contributed by atoms with Crippen molar-refractivity contribution in [2.45, 2.75) is 13.3 Å². The van der Waals surface area contributed by atoms with Gasteiger partial charge in [0.05, 0.1) is 21.3 Å². The number of benzene rings is 1. The molecule has 0 bridgehead atoms. The Kier molecular flexibility index (Phi) is 4.43. The van der Waals surface area contributed by atoms with Crippen LogP contribution in [0.3, 0.4) is 0 Å². The Balaban J connectivity index is 3.35. The van der Waals surface area contributed by atoms with E-state index in [1.54, 1.807) is 21.3 Å². The molecule has 0 aliphatic carbocycles. The molecule has 0 heterocycles. The second-order valence-electron chi connectivity index (χ2n) is 3.47. The molecule has 0 unspecified atom stereocenters. The first-order valence-electron chi connectivity index (χ1n) is 5.18. The maximum Gasteiger partial charge on any atom is 0.167 e. The molecular formula is C12H19NO3. The number of hydrogen-bond donors (Lipinski definition) is 1. The summed E-state index contributed by atoms with van der Waals surface area (Å²) in [6.45, 7) is 2.52. The van der Waals surface area contributed by atoms with Gasteiger partial charge in [0.15, 0.2) is 11.5 Å². The summed E-state index contributed by atoms with van der Waals surface area (Å²) in [7, 11) is 4.89. The highest BCUT2D eigenvalue weighted by Gasteiger charge is 2.16. The van der Waals surface area contributed by atoms with Crippen LogP contribution < -0.4 is 19.9 Å². The first-order valence-corrected chi connectivity index (χ1v) is 5.18. The fraction of sp³-hybridized carbons (Fsp3) is 0.500. The van der Waals surface area contributed by atoms with Crippen LogP contribution in [0.1, 0.15) is 11.1 Å². The molecule has 1 aromatic rings. The Labute approximate surface area is 96.3 Å². The second kappa shape index (κ2) is 5.61. The van der Waals surface area contributed by atoms with Gasteiger partial charge in [-0.3, -0.25) is 0 Å². The van der Waals surface area contributed by atoms with Crippen molar-refractivity contribution in [3.8, 4) is 17.2 Å². The zero-order valence-electron chi connectivity index (χ0n) is 10.3. The first kappa shape index (κ1) is 12.6. The van der Waals surface area contributed by atoms with Crippen molar-refractivity contribution in [1.82, 2.24) is 0 Å². The van der Waals surface area contributed by atoms with Crippen molar-refractivity contribution in [2.24, 2.45) is 5.73 Å². The van der Waals surface area contributed by atoms with Crippen molar-refractivity contribution >= 4 is 0 Å². The van der Waals surface area contributed by atoms with Crippen molar-refractivity contribution in [2.75, 3.05) is 27.9 Å². The smallest absolute Gasteiger partial charge is 0.167 e. The van der Waals surface area contributed by atoms with Gasteiger partial charge in [0.2, 0.25) is 0 Å². The third-order valence-electron chi connectivity index (χ3n) is 2.54. The van der Waals surface area contributed by atoms with E-state index in [1.165, 1.54) is 0 Å². The monoisotopic (exact) mass is 225 g/mol. The predicted molar refractivity (Wildman–Crippen MR) is 63.6 cm³/mol. The summed E-state index contributed by atoms with van der Waals surface area (Å²) in [6, 6.07) is 1.91. The molecule has 0 atom stereocenters. The Hall–Kier alpha value is -1.42. The van der Waals surface area contributed by atoms with Crippen LogP contribution in [-0.4, -0.2) is 27.9 Å². The third kappa shape index (κ3) is 2.22. The highest BCUT2D eigenvalue weighted by molar-refractivity contribution is 5.57. The topological polar surface area (TPSA) is 53.7 Å². The predicted octanol–water partition coefficient (Wildman–Crippen LogP) is 1.52. The maximum absolute atomic E-state index is 5.57. The van der Waals surface area contributed by atoms with Gasteiger partial charge in [0.25, 0.3) is 0 Å². The molecule has 0 saturated carbocycles. The van der Waals surface area contributed by atoms with Gasteiger partial charge in [-0.15, -0.1) is 0 Å². The zero-order chi connectivity index (χ0) is 12.1. The second-order valence-corrected chi connectivity index (χ2v) is 3.47. The van der Waals surface area contributed by atoms with Crippen LogP contribution in [0.25, 0.3) is 0 Å². The average molecular weight is 225 g/mol. The molecule has 16 heavy (non-hydrogen) atoms. The summed E-state index contributed by atoms with van der Waals surface area (Å²) in [5, 5.41) is 0. The molecule has 0 aliphatic rings. The van der Waals surface area contributed by atoms with E-state index >= 15 is 0 Å². The Morgan fingerprint density at radius 1 is 1.06 bits per heavy atom. The zero-order valence-corrected chi connectivity index (χ0v) is 10.3. The summed E-state index contributed by atoms with van der Waals surface area (Å²) in [4.78, 5) is 0. The first-order chi connectivity index (χ1) is 7.69. The van der Waals surface area contributed by atoms with Gasteiger partial charge in [-0.05, 0) is 31.5 Å². The van der Waals surface area contributed by atoms with Crippen LogP contribution in [0.4, 0.5) is 0 Å². The van der Waals surface area contributed by atoms with Gasteiger partial charge >= 0.3 is 0 Å². The quantitative estimate of drug-likeness (QED) is 0.825. The van der Waals surface area contributed by atoms with Crippen molar-refractivity contribution < 1.29 is 14.2 Å². The lowest BCUT2D eigenvalue weighted by molar-refractivity contribution is 0.344. The fourth-order valence-corrected chi connectivity index (χ4v) is 1.85. The summed E-state index contributed by atoms with van der Waals surface area (Å²) in [6.07, 6.45) is 0.754. The summed E-state index contributed by atoms with van der Waals surface area (Å²) < 4.78 is 16.0. The molecule has 90 valence electrons. The number of ether oxygens (including phenoxy) is 3. The van der Waals surface area contributed by atoms with E-state index in [-0.39, 0.29) is 0 Å². The number of nitrogens with two attached hydrogens (primary N) is 1. The van der Waals surface area contributed by atoms with Crippen LogP contribution in [-0.2, 0) is 6.42 Å². The van der Waals surface area contributed by atoms with Gasteiger partial charge in [-0.25, -0.2) is 0 Å². The third-order valence-corrected chi connectivity index (χ3v) is 2.54. The molecule has 0 saturated heterocycles. The Morgan fingerprint density at radius 2 is 1.69 bits per heavy atom. The standard InChI is InChI=1S/C12H19NO3/c1-8-11(15-3)9(5-6-13)7-10(14-2)12(8)16-4/h7H,5-6,13H2,1-4H3. The molecule has 2 N–H and O–H groups in total. The number of methoxy groups -OCH3 is 3. The van der Waals surface area contributed by atoms with E-state index in [0.29, 0.717) is 18.0 Å². The Bertz CT molecular complexity index is 364. The van der Waals surface area contributed by atoms with E-state index in [4.69, 9.17) is 19.9 Å². The molecule has 0 fully saturated rings. The fourth-order valence-electron chi connectivity index (χ4n) is 1.85. The van der Waals surface area contributed by atoms with E-state index in [2.05, 4.69) is 0 Å². The van der Waals surface area contributed by atoms with E-state index in [9.17, 15) is 0 Å². The van der Waals surface area contributed by atoms with Gasteiger partial charge < -0.3 is 19.9 Å². The molecule has 0 amide bonds. The molecule has 0 aliphatic heterocycles. The largest absolute Gasteiger partial charge is 0.496 e. The van der Waals surface area contributed by atoms with Crippen LogP contribution in [0.15, 0.2) is 6.07 Å². The SMILES string of the molecule is COc1cc(CCN)c(OC)c(C)c1OC. The van der Waals surface area contributed by atoms with Crippen molar-refractivity contribution in [1.29, 1.82) is 0 Å². The van der Waals surface area contributed by atoms with Crippen LogP contribution in [0.2, 0.25) is 0 Å². The maximum atomic E-state index is 5.57.